The van der Waals surface area contributed by atoms with Crippen molar-refractivity contribution < 1.29 is 14.7 Å². The van der Waals surface area contributed by atoms with Crippen LogP contribution in [-0.4, -0.2) is 41.0 Å². The fraction of sp³-hybridized carbons (Fsp3) is 0.800. The molecule has 5 heteroatoms. The summed E-state index contributed by atoms with van der Waals surface area (Å²) >= 11 is 0. The van der Waals surface area contributed by atoms with E-state index in [1.54, 1.807) is 4.90 Å². The van der Waals surface area contributed by atoms with E-state index in [-0.39, 0.29) is 5.91 Å². The van der Waals surface area contributed by atoms with Crippen LogP contribution < -0.4 is 5.73 Å². The van der Waals surface area contributed by atoms with Gasteiger partial charge in [-0.25, -0.2) is 0 Å². The fourth-order valence-electron chi connectivity index (χ4n) is 1.79. The molecule has 0 radical (unpaired) electrons. The first-order valence-electron chi connectivity index (χ1n) is 5.33. The number of piperidine rings is 1. The molecular formula is C10H18N2O3. The van der Waals surface area contributed by atoms with Gasteiger partial charge in [0.05, 0.1) is 12.0 Å². The molecule has 0 aromatic rings. The molecule has 2 atom stereocenters. The summed E-state index contributed by atoms with van der Waals surface area (Å²) in [7, 11) is 0. The Balaban J connectivity index is 2.56. The number of carbonyl (C=O) groups excluding carboxylic acids is 1. The minimum Gasteiger partial charge on any atom is -0.481 e. The van der Waals surface area contributed by atoms with Crippen molar-refractivity contribution in [3.05, 3.63) is 0 Å². The number of carboxylic acids is 1. The summed E-state index contributed by atoms with van der Waals surface area (Å²) in [5.74, 6) is -1.37. The minimum atomic E-state index is -0.822. The number of carbonyl (C=O) groups is 2. The van der Waals surface area contributed by atoms with E-state index < -0.39 is 17.9 Å². The van der Waals surface area contributed by atoms with E-state index in [4.69, 9.17) is 10.8 Å². The van der Waals surface area contributed by atoms with Crippen molar-refractivity contribution in [1.82, 2.24) is 4.90 Å². The van der Waals surface area contributed by atoms with E-state index in [1.807, 2.05) is 6.92 Å². The van der Waals surface area contributed by atoms with Gasteiger partial charge < -0.3 is 15.7 Å². The molecule has 0 spiro atoms. The number of rotatable bonds is 3. The standard InChI is InChI=1S/C10H18N2O3/c1-2-8(11)9(13)12-5-3-4-7(6-12)10(14)15/h7-8H,2-6,11H2,1H3,(H,14,15)/t7-,8+/m0/s1. The lowest BCUT2D eigenvalue weighted by Crippen LogP contribution is -2.49. The Morgan fingerprint density at radius 3 is 2.80 bits per heavy atom. The van der Waals surface area contributed by atoms with Crippen LogP contribution in [0.3, 0.4) is 0 Å². The van der Waals surface area contributed by atoms with Crippen LogP contribution >= 0.6 is 0 Å². The summed E-state index contributed by atoms with van der Waals surface area (Å²) in [5, 5.41) is 8.86. The van der Waals surface area contributed by atoms with Crippen molar-refractivity contribution in [3.8, 4) is 0 Å². The number of aliphatic carboxylic acids is 1. The van der Waals surface area contributed by atoms with Crippen molar-refractivity contribution in [2.45, 2.75) is 32.2 Å². The van der Waals surface area contributed by atoms with Crippen molar-refractivity contribution in [2.75, 3.05) is 13.1 Å². The van der Waals surface area contributed by atoms with Gasteiger partial charge in [-0.3, -0.25) is 9.59 Å². The third kappa shape index (κ3) is 2.92. The van der Waals surface area contributed by atoms with E-state index in [2.05, 4.69) is 0 Å². The van der Waals surface area contributed by atoms with Gasteiger partial charge in [0.15, 0.2) is 0 Å². The second-order valence-electron chi connectivity index (χ2n) is 3.98. The van der Waals surface area contributed by atoms with Crippen LogP contribution in [0.1, 0.15) is 26.2 Å². The Morgan fingerprint density at radius 1 is 1.60 bits per heavy atom. The summed E-state index contributed by atoms with van der Waals surface area (Å²) in [6, 6.07) is -0.488. The second kappa shape index (κ2) is 5.11. The van der Waals surface area contributed by atoms with E-state index in [0.717, 1.165) is 6.42 Å². The van der Waals surface area contributed by atoms with Crippen molar-refractivity contribution in [3.63, 3.8) is 0 Å². The number of nitrogens with two attached hydrogens (primary N) is 1. The molecule has 0 aromatic heterocycles. The molecule has 1 rings (SSSR count). The van der Waals surface area contributed by atoms with Crippen LogP contribution in [0.4, 0.5) is 0 Å². The molecular weight excluding hydrogens is 196 g/mol. The highest BCUT2D eigenvalue weighted by Crippen LogP contribution is 2.17. The Bertz CT molecular complexity index is 255. The molecule has 0 saturated carbocycles. The number of nitrogens with zero attached hydrogens (tertiary/aromatic N) is 1. The molecule has 1 fully saturated rings. The Morgan fingerprint density at radius 2 is 2.27 bits per heavy atom. The topological polar surface area (TPSA) is 83.6 Å². The zero-order valence-corrected chi connectivity index (χ0v) is 8.98. The molecule has 1 aliphatic rings. The first-order chi connectivity index (χ1) is 7.06. The molecule has 5 nitrogen and oxygen atoms in total. The highest BCUT2D eigenvalue weighted by atomic mass is 16.4. The third-order valence-corrected chi connectivity index (χ3v) is 2.84. The molecule has 0 bridgehead atoms. The lowest BCUT2D eigenvalue weighted by Gasteiger charge is -2.32. The molecule has 3 N–H and O–H groups in total. The Hall–Kier alpha value is -1.10. The van der Waals surface area contributed by atoms with Gasteiger partial charge in [0, 0.05) is 13.1 Å². The van der Waals surface area contributed by atoms with Crippen LogP contribution in [-0.2, 0) is 9.59 Å². The van der Waals surface area contributed by atoms with E-state index in [1.165, 1.54) is 0 Å². The molecule has 1 saturated heterocycles. The highest BCUT2D eigenvalue weighted by Gasteiger charge is 2.29. The number of likely N-dealkylation sites (tertiary alicyclic amines) is 1. The predicted octanol–water partition coefficient (Wildman–Crippen LogP) is 0.0469. The lowest BCUT2D eigenvalue weighted by atomic mass is 9.97. The van der Waals surface area contributed by atoms with Crippen molar-refractivity contribution in [1.29, 1.82) is 0 Å². The fourth-order valence-corrected chi connectivity index (χ4v) is 1.79. The summed E-state index contributed by atoms with van der Waals surface area (Å²) in [4.78, 5) is 24.1. The van der Waals surface area contributed by atoms with Crippen molar-refractivity contribution >= 4 is 11.9 Å². The third-order valence-electron chi connectivity index (χ3n) is 2.84. The van der Waals surface area contributed by atoms with E-state index in [0.29, 0.717) is 25.9 Å². The van der Waals surface area contributed by atoms with Gasteiger partial charge in [0.25, 0.3) is 0 Å². The van der Waals surface area contributed by atoms with Gasteiger partial charge in [-0.15, -0.1) is 0 Å². The van der Waals surface area contributed by atoms with Crippen LogP contribution in [0.25, 0.3) is 0 Å². The number of hydrogen-bond donors (Lipinski definition) is 2. The monoisotopic (exact) mass is 214 g/mol. The zero-order valence-electron chi connectivity index (χ0n) is 8.98. The molecule has 0 aromatic carbocycles. The number of amides is 1. The summed E-state index contributed by atoms with van der Waals surface area (Å²) in [6.45, 7) is 2.79. The molecule has 0 unspecified atom stereocenters. The van der Waals surface area contributed by atoms with Crippen LogP contribution in [0.2, 0.25) is 0 Å². The Kier molecular flexibility index (Phi) is 4.08. The maximum atomic E-state index is 11.7. The van der Waals surface area contributed by atoms with Gasteiger partial charge in [-0.05, 0) is 19.3 Å². The summed E-state index contributed by atoms with van der Waals surface area (Å²) in [6.07, 6.45) is 1.99. The number of carboxylic acid groups (broad SMARTS) is 1. The molecule has 1 amide bonds. The molecule has 15 heavy (non-hydrogen) atoms. The summed E-state index contributed by atoms with van der Waals surface area (Å²) < 4.78 is 0. The number of hydrogen-bond acceptors (Lipinski definition) is 3. The van der Waals surface area contributed by atoms with Crippen LogP contribution in [0.5, 0.6) is 0 Å². The zero-order chi connectivity index (χ0) is 11.4. The predicted molar refractivity (Wildman–Crippen MR) is 55.2 cm³/mol. The first kappa shape index (κ1) is 12.0. The molecule has 0 aliphatic carbocycles. The van der Waals surface area contributed by atoms with E-state index >= 15 is 0 Å². The second-order valence-corrected chi connectivity index (χ2v) is 3.98. The maximum absolute atomic E-state index is 11.7. The average Bonchev–Trinajstić information content (AvgIpc) is 2.27. The summed E-state index contributed by atoms with van der Waals surface area (Å²) in [5.41, 5.74) is 5.63. The van der Waals surface area contributed by atoms with Gasteiger partial charge >= 0.3 is 5.97 Å². The van der Waals surface area contributed by atoms with Gasteiger partial charge in [0.1, 0.15) is 0 Å². The van der Waals surface area contributed by atoms with Crippen LogP contribution in [0, 0.1) is 5.92 Å². The van der Waals surface area contributed by atoms with Gasteiger partial charge in [0.2, 0.25) is 5.91 Å². The average molecular weight is 214 g/mol. The van der Waals surface area contributed by atoms with E-state index in [9.17, 15) is 9.59 Å². The Labute approximate surface area is 89.2 Å². The quantitative estimate of drug-likeness (QED) is 0.695. The normalized spacial score (nSPS) is 23.6. The van der Waals surface area contributed by atoms with Crippen LogP contribution in [0.15, 0.2) is 0 Å². The molecule has 1 heterocycles. The maximum Gasteiger partial charge on any atom is 0.308 e. The van der Waals surface area contributed by atoms with Gasteiger partial charge in [-0.1, -0.05) is 6.92 Å². The highest BCUT2D eigenvalue weighted by molar-refractivity contribution is 5.82. The lowest BCUT2D eigenvalue weighted by molar-refractivity contribution is -0.146. The SMILES string of the molecule is CC[C@@H](N)C(=O)N1CCC[C@H](C(=O)O)C1. The van der Waals surface area contributed by atoms with Gasteiger partial charge in [-0.2, -0.15) is 0 Å². The molecule has 86 valence electrons. The smallest absolute Gasteiger partial charge is 0.308 e. The first-order valence-corrected chi connectivity index (χ1v) is 5.33. The molecule has 1 aliphatic heterocycles. The van der Waals surface area contributed by atoms with Crippen molar-refractivity contribution in [2.24, 2.45) is 11.7 Å². The minimum absolute atomic E-state index is 0.122. The largest absolute Gasteiger partial charge is 0.481 e.